The van der Waals surface area contributed by atoms with E-state index in [1.165, 1.54) is 161 Å². The van der Waals surface area contributed by atoms with E-state index in [0.29, 0.717) is 11.3 Å². The Morgan fingerprint density at radius 2 is 1.27 bits per heavy atom. The van der Waals surface area contributed by atoms with Crippen LogP contribution in [-0.4, -0.2) is 11.3 Å². The van der Waals surface area contributed by atoms with Gasteiger partial charge in [-0.2, -0.15) is 12.6 Å². The van der Waals surface area contributed by atoms with Crippen LogP contribution >= 0.6 is 12.6 Å². The smallest absolute Gasteiger partial charge is 0.0194 e. The summed E-state index contributed by atoms with van der Waals surface area (Å²) in [4.78, 5) is 0. The minimum Gasteiger partial charge on any atom is -0.327 e. The molecule has 0 aliphatic heterocycles. The molecule has 0 heterocycles. The van der Waals surface area contributed by atoms with E-state index < -0.39 is 0 Å². The van der Waals surface area contributed by atoms with Crippen LogP contribution in [0, 0.1) is 71.0 Å². The summed E-state index contributed by atoms with van der Waals surface area (Å²) in [6.45, 7) is 27.2. The van der Waals surface area contributed by atoms with Gasteiger partial charge in [0.2, 0.25) is 0 Å². The predicted octanol–water partition coefficient (Wildman–Crippen LogP) is 17.3. The van der Waals surface area contributed by atoms with Crippen molar-refractivity contribution < 1.29 is 0 Å². The van der Waals surface area contributed by atoms with Crippen molar-refractivity contribution in [3.63, 3.8) is 0 Å². The lowest BCUT2D eigenvalue weighted by atomic mass is 9.49. The zero-order valence-corrected chi connectivity index (χ0v) is 40.4. The van der Waals surface area contributed by atoms with Crippen molar-refractivity contribution >= 4 is 12.6 Å². The van der Waals surface area contributed by atoms with Gasteiger partial charge in [0.25, 0.3) is 0 Å². The van der Waals surface area contributed by atoms with Gasteiger partial charge in [-0.3, -0.25) is 0 Å². The first-order valence-corrected chi connectivity index (χ1v) is 26.1. The fourth-order valence-corrected chi connectivity index (χ4v) is 14.1. The molecule has 5 aliphatic rings. The molecule has 0 aromatic carbocycles. The van der Waals surface area contributed by atoms with Crippen LogP contribution in [0.4, 0.5) is 0 Å². The molecule has 5 rings (SSSR count). The normalized spacial score (nSPS) is 35.3. The Morgan fingerprint density at radius 3 is 1.84 bits per heavy atom. The van der Waals surface area contributed by atoms with Gasteiger partial charge in [-0.05, 0) is 129 Å². The van der Waals surface area contributed by atoms with Gasteiger partial charge < -0.3 is 5.73 Å². The molecule has 0 saturated heterocycles. The summed E-state index contributed by atoms with van der Waals surface area (Å²) in [5.74, 6) is 11.8. The van der Waals surface area contributed by atoms with Gasteiger partial charge in [0, 0.05) is 11.3 Å². The zero-order chi connectivity index (χ0) is 40.8. The molecule has 12 unspecified atom stereocenters. The quantitative estimate of drug-likeness (QED) is 0.0808. The van der Waals surface area contributed by atoms with Crippen LogP contribution in [0.3, 0.4) is 0 Å². The minimum absolute atomic E-state index is 0.371. The third kappa shape index (κ3) is 15.9. The van der Waals surface area contributed by atoms with Crippen molar-refractivity contribution in [2.75, 3.05) is 6.54 Å². The van der Waals surface area contributed by atoms with Gasteiger partial charge in [-0.1, -0.05) is 196 Å². The Bertz CT molecular complexity index is 956. The monoisotopic (exact) mass is 786 g/mol. The molecule has 0 spiro atoms. The Morgan fingerprint density at radius 1 is 0.673 bits per heavy atom. The van der Waals surface area contributed by atoms with Gasteiger partial charge in [0.15, 0.2) is 0 Å². The Kier molecular flexibility index (Phi) is 26.5. The Hall–Kier alpha value is 0.0500. The molecule has 0 aromatic heterocycles. The van der Waals surface area contributed by atoms with Gasteiger partial charge >= 0.3 is 0 Å². The molecule has 0 aromatic rings. The van der Waals surface area contributed by atoms with Crippen LogP contribution in [0.1, 0.15) is 243 Å². The summed E-state index contributed by atoms with van der Waals surface area (Å²) in [6, 6.07) is 0. The van der Waals surface area contributed by atoms with Crippen molar-refractivity contribution in [3.8, 4) is 0 Å². The molecule has 55 heavy (non-hydrogen) atoms. The van der Waals surface area contributed by atoms with Gasteiger partial charge in [0.05, 0.1) is 0 Å². The fourth-order valence-electron chi connectivity index (χ4n) is 13.3. The van der Waals surface area contributed by atoms with E-state index in [0.717, 1.165) is 76.6 Å². The number of nitrogens with two attached hydrogens (primary N) is 1. The Balaban J connectivity index is 0.000000480. The van der Waals surface area contributed by atoms with Gasteiger partial charge in [-0.15, -0.1) is 0 Å². The number of thiol groups is 1. The van der Waals surface area contributed by atoms with E-state index in [1.807, 2.05) is 20.8 Å². The van der Waals surface area contributed by atoms with Gasteiger partial charge in [-0.25, -0.2) is 0 Å². The molecule has 1 nitrogen and oxygen atoms in total. The highest BCUT2D eigenvalue weighted by Crippen LogP contribution is 2.66. The van der Waals surface area contributed by atoms with Crippen molar-refractivity contribution in [2.45, 2.75) is 247 Å². The van der Waals surface area contributed by atoms with Gasteiger partial charge in [0.1, 0.15) is 0 Å². The van der Waals surface area contributed by atoms with Crippen LogP contribution in [0.5, 0.6) is 0 Å². The lowest BCUT2D eigenvalue weighted by Gasteiger charge is -2.61. The summed E-state index contributed by atoms with van der Waals surface area (Å²) in [7, 11) is 0. The third-order valence-electron chi connectivity index (χ3n) is 16.5. The van der Waals surface area contributed by atoms with E-state index in [1.54, 1.807) is 12.8 Å². The second kappa shape index (κ2) is 28.5. The Labute approximate surface area is 354 Å². The van der Waals surface area contributed by atoms with Crippen LogP contribution in [0.25, 0.3) is 0 Å². The summed E-state index contributed by atoms with van der Waals surface area (Å²) in [5, 5.41) is 0. The molecule has 2 heteroatoms. The maximum Gasteiger partial charge on any atom is 0.0194 e. The van der Waals surface area contributed by atoms with Crippen molar-refractivity contribution in [3.05, 3.63) is 12.2 Å². The summed E-state index contributed by atoms with van der Waals surface area (Å²) in [6.07, 6.45) is 39.8. The lowest BCUT2D eigenvalue weighted by Crippen LogP contribution is -2.57. The minimum atomic E-state index is 0.371. The molecular weight excluding hydrogens is 683 g/mol. The first kappa shape index (κ1) is 51.2. The van der Waals surface area contributed by atoms with E-state index in [2.05, 4.69) is 55.0 Å². The highest BCUT2D eigenvalue weighted by molar-refractivity contribution is 7.82. The number of unbranched alkanes of at least 4 members (excludes halogenated alkanes) is 7. The average molecular weight is 786 g/mol. The molecule has 326 valence electrons. The van der Waals surface area contributed by atoms with E-state index >= 15 is 0 Å². The molecule has 0 bridgehead atoms. The molecule has 5 aliphatic carbocycles. The molecular formula is C53H103NS. The largest absolute Gasteiger partial charge is 0.327 e. The second-order valence-electron chi connectivity index (χ2n) is 20.2. The second-order valence-corrected chi connectivity index (χ2v) is 21.1. The highest BCUT2D eigenvalue weighted by Gasteiger charge is 2.60. The maximum atomic E-state index is 5.82. The highest BCUT2D eigenvalue weighted by atomic mass is 32.1. The topological polar surface area (TPSA) is 26.0 Å². The van der Waals surface area contributed by atoms with Crippen molar-refractivity contribution in [1.29, 1.82) is 0 Å². The summed E-state index contributed by atoms with van der Waals surface area (Å²) < 4.78 is 0.371. The van der Waals surface area contributed by atoms with Crippen LogP contribution in [0.2, 0.25) is 0 Å². The molecule has 5 saturated carbocycles. The van der Waals surface area contributed by atoms with E-state index in [4.69, 9.17) is 18.4 Å². The summed E-state index contributed by atoms with van der Waals surface area (Å²) >= 11 is 5.82. The first-order chi connectivity index (χ1) is 26.6. The fraction of sp³-hybridized carbons (Fsp3) is 0.962. The first-order valence-electron chi connectivity index (χ1n) is 25.6. The lowest BCUT2D eigenvalue weighted by molar-refractivity contribution is -0.0480. The van der Waals surface area contributed by atoms with E-state index in [9.17, 15) is 0 Å². The molecule has 12 atom stereocenters. The van der Waals surface area contributed by atoms with Crippen molar-refractivity contribution in [2.24, 2.45) is 76.7 Å². The molecule has 0 radical (unpaired) electrons. The number of fused-ring (bicyclic) bond motifs is 2. The third-order valence-corrected chi connectivity index (χ3v) is 17.4. The number of hydrogen-bond donors (Lipinski definition) is 2. The van der Waals surface area contributed by atoms with Crippen LogP contribution in [0.15, 0.2) is 12.2 Å². The number of rotatable bonds is 18. The summed E-state index contributed by atoms with van der Waals surface area (Å²) in [5.41, 5.74) is 6.10. The average Bonchev–Trinajstić information content (AvgIpc) is 3.80. The molecule has 5 fully saturated rings. The van der Waals surface area contributed by atoms with Crippen molar-refractivity contribution in [1.82, 2.24) is 0 Å². The zero-order valence-electron chi connectivity index (χ0n) is 39.5. The molecule has 2 N–H and O–H groups in total. The molecule has 0 amide bonds. The van der Waals surface area contributed by atoms with Crippen LogP contribution in [-0.2, 0) is 0 Å². The standard InChI is InChI=1S/C36H66S.C11H22.C4H9N.C2H6/c1-6-10-12-14-18-31-26(5)22-27(16-13-11-7-2)23-35(36(37)25-30-17-15-19-34(30)36)33-24-29(20-21-32(31)33)28(8-3)9-4;1-3-4-5-8-11-9-6-7-10(11)2;1-4(2)3-5;1-2/h26-35,37H,6-25H2,1-5H3;10-11H,3-9H2,1-2H3;1,3,5H2,2H3;1-2H3. The van der Waals surface area contributed by atoms with E-state index in [-0.39, 0.29) is 0 Å². The number of hydrogen-bond acceptors (Lipinski definition) is 2. The van der Waals surface area contributed by atoms with Crippen LogP contribution < -0.4 is 5.73 Å². The maximum absolute atomic E-state index is 5.82. The SMILES string of the molecule is C=C(C)CN.CC.CCCCCC1CCCC1C.CCCCCCC1C(C)CC(CCCCC)CC(C2(S)CC3CCCC32)C2CC(C(CC)CC)CCC12. The predicted molar refractivity (Wildman–Crippen MR) is 253 cm³/mol.